The lowest BCUT2D eigenvalue weighted by molar-refractivity contribution is 0.433. The van der Waals surface area contributed by atoms with Crippen LogP contribution in [0.5, 0.6) is 0 Å². The maximum atomic E-state index is 12.9. The molecule has 0 spiro atoms. The Bertz CT molecular complexity index is 980. The number of para-hydroxylation sites is 1. The molecule has 2 aromatic carbocycles. The molecule has 136 valence electrons. The minimum atomic E-state index is -3.44. The Morgan fingerprint density at radius 2 is 1.73 bits per heavy atom. The minimum Gasteiger partial charge on any atom is -0.347 e. The van der Waals surface area contributed by atoms with Crippen LogP contribution in [0.3, 0.4) is 0 Å². The van der Waals surface area contributed by atoms with Gasteiger partial charge in [-0.05, 0) is 37.6 Å². The van der Waals surface area contributed by atoms with Crippen LogP contribution < -0.4 is 4.90 Å². The van der Waals surface area contributed by atoms with Crippen molar-refractivity contribution in [2.24, 2.45) is 0 Å². The van der Waals surface area contributed by atoms with Crippen LogP contribution in [0, 0.1) is 6.92 Å². The summed E-state index contributed by atoms with van der Waals surface area (Å²) in [5.41, 5.74) is 2.06. The first kappa shape index (κ1) is 17.5. The lowest BCUT2D eigenvalue weighted by atomic mass is 10.2. The van der Waals surface area contributed by atoms with Gasteiger partial charge in [-0.2, -0.15) is 4.31 Å². The lowest BCUT2D eigenvalue weighted by Gasteiger charge is -2.21. The highest BCUT2D eigenvalue weighted by Crippen LogP contribution is 2.29. The molecule has 1 aliphatic rings. The Morgan fingerprint density at radius 1 is 0.962 bits per heavy atom. The zero-order valence-electron chi connectivity index (χ0n) is 14.6. The average molecular weight is 388 g/mol. The third-order valence-corrected chi connectivity index (χ3v) is 7.68. The second kappa shape index (κ2) is 6.98. The molecular weight excluding hydrogens is 366 g/mol. The van der Waals surface area contributed by atoms with Gasteiger partial charge in [0.2, 0.25) is 10.0 Å². The number of thiazole rings is 1. The molecule has 7 heteroatoms. The Balaban J connectivity index is 1.53. The monoisotopic (exact) mass is 387 g/mol. The predicted octanol–water partition coefficient (Wildman–Crippen LogP) is 3.51. The molecule has 0 radical (unpaired) electrons. The summed E-state index contributed by atoms with van der Waals surface area (Å²) in [6.45, 7) is 4.45. The number of nitrogens with zero attached hydrogens (tertiary/aromatic N) is 3. The smallest absolute Gasteiger partial charge is 0.243 e. The highest BCUT2D eigenvalue weighted by molar-refractivity contribution is 7.89. The van der Waals surface area contributed by atoms with Gasteiger partial charge in [-0.25, -0.2) is 13.4 Å². The molecule has 0 bridgehead atoms. The van der Waals surface area contributed by atoms with Crippen LogP contribution in [0.15, 0.2) is 53.4 Å². The Kier molecular flexibility index (Phi) is 4.69. The van der Waals surface area contributed by atoms with E-state index in [0.717, 1.165) is 33.9 Å². The molecule has 2 heterocycles. The molecule has 5 nitrogen and oxygen atoms in total. The van der Waals surface area contributed by atoms with Crippen molar-refractivity contribution in [3.63, 3.8) is 0 Å². The minimum absolute atomic E-state index is 0.372. The highest BCUT2D eigenvalue weighted by atomic mass is 32.2. The van der Waals surface area contributed by atoms with Crippen LogP contribution >= 0.6 is 11.3 Å². The number of aryl methyl sites for hydroxylation is 1. The topological polar surface area (TPSA) is 53.5 Å². The molecule has 26 heavy (non-hydrogen) atoms. The average Bonchev–Trinajstić information content (AvgIpc) is 2.90. The molecule has 1 aromatic heterocycles. The van der Waals surface area contributed by atoms with E-state index in [-0.39, 0.29) is 0 Å². The van der Waals surface area contributed by atoms with Crippen molar-refractivity contribution in [2.75, 3.05) is 31.1 Å². The van der Waals surface area contributed by atoms with Gasteiger partial charge in [-0.3, -0.25) is 0 Å². The van der Waals surface area contributed by atoms with Crippen molar-refractivity contribution < 1.29 is 8.42 Å². The molecule has 4 rings (SSSR count). The summed E-state index contributed by atoms with van der Waals surface area (Å²) in [6, 6.07) is 15.2. The van der Waals surface area contributed by atoms with Gasteiger partial charge < -0.3 is 4.90 Å². The molecule has 0 saturated carbocycles. The normalized spacial score (nSPS) is 16.7. The van der Waals surface area contributed by atoms with Gasteiger partial charge in [0.05, 0.1) is 15.1 Å². The predicted molar refractivity (Wildman–Crippen MR) is 106 cm³/mol. The fraction of sp³-hybridized carbons (Fsp3) is 0.316. The second-order valence-electron chi connectivity index (χ2n) is 6.52. The first-order valence-corrected chi connectivity index (χ1v) is 11.0. The first-order chi connectivity index (χ1) is 12.5. The molecule has 0 N–H and O–H groups in total. The molecule has 1 aliphatic heterocycles. The zero-order chi connectivity index (χ0) is 18.1. The number of fused-ring (bicyclic) bond motifs is 1. The summed E-state index contributed by atoms with van der Waals surface area (Å²) in [4.78, 5) is 7.29. The molecule has 3 aromatic rings. The number of benzene rings is 2. The van der Waals surface area contributed by atoms with Crippen LogP contribution in [-0.2, 0) is 10.0 Å². The summed E-state index contributed by atoms with van der Waals surface area (Å²) in [7, 11) is -3.44. The highest BCUT2D eigenvalue weighted by Gasteiger charge is 2.27. The third-order valence-electron chi connectivity index (χ3n) is 4.67. The summed E-state index contributed by atoms with van der Waals surface area (Å²) in [5, 5.41) is 0.973. The van der Waals surface area contributed by atoms with Gasteiger partial charge in [0, 0.05) is 26.2 Å². The van der Waals surface area contributed by atoms with E-state index in [1.165, 1.54) is 0 Å². The second-order valence-corrected chi connectivity index (χ2v) is 9.47. The van der Waals surface area contributed by atoms with E-state index in [0.29, 0.717) is 24.5 Å². The maximum absolute atomic E-state index is 12.9. The zero-order valence-corrected chi connectivity index (χ0v) is 16.3. The maximum Gasteiger partial charge on any atom is 0.243 e. The molecular formula is C19H21N3O2S2. The lowest BCUT2D eigenvalue weighted by Crippen LogP contribution is -2.35. The van der Waals surface area contributed by atoms with Crippen molar-refractivity contribution in [2.45, 2.75) is 18.2 Å². The molecule has 0 unspecified atom stereocenters. The fourth-order valence-electron chi connectivity index (χ4n) is 3.18. The van der Waals surface area contributed by atoms with Gasteiger partial charge in [-0.1, -0.05) is 41.2 Å². The standard InChI is InChI=1S/C19H21N3O2S2/c1-15-7-9-16(10-8-15)26(23,24)22-12-4-11-21(13-14-22)19-20-17-5-2-3-6-18(17)25-19/h2-3,5-10H,4,11-14H2,1H3. The van der Waals surface area contributed by atoms with E-state index < -0.39 is 10.0 Å². The van der Waals surface area contributed by atoms with Crippen molar-refractivity contribution >= 4 is 36.7 Å². The number of sulfonamides is 1. The quantitative estimate of drug-likeness (QED) is 0.690. The van der Waals surface area contributed by atoms with Gasteiger partial charge in [0.25, 0.3) is 0 Å². The molecule has 1 fully saturated rings. The number of hydrogen-bond donors (Lipinski definition) is 0. The van der Waals surface area contributed by atoms with Crippen molar-refractivity contribution in [1.82, 2.24) is 9.29 Å². The molecule has 0 aliphatic carbocycles. The Hall–Kier alpha value is -1.96. The summed E-state index contributed by atoms with van der Waals surface area (Å²) in [5.74, 6) is 0. The SMILES string of the molecule is Cc1ccc(S(=O)(=O)N2CCCN(c3nc4ccccc4s3)CC2)cc1. The van der Waals surface area contributed by atoms with Gasteiger partial charge >= 0.3 is 0 Å². The van der Waals surface area contributed by atoms with Crippen LogP contribution in [0.1, 0.15) is 12.0 Å². The largest absolute Gasteiger partial charge is 0.347 e. The first-order valence-electron chi connectivity index (χ1n) is 8.71. The number of hydrogen-bond acceptors (Lipinski definition) is 5. The summed E-state index contributed by atoms with van der Waals surface area (Å²) < 4.78 is 28.6. The number of aromatic nitrogens is 1. The van der Waals surface area contributed by atoms with Crippen LogP contribution in [0.25, 0.3) is 10.2 Å². The third kappa shape index (κ3) is 3.34. The van der Waals surface area contributed by atoms with Crippen molar-refractivity contribution in [3.05, 3.63) is 54.1 Å². The summed E-state index contributed by atoms with van der Waals surface area (Å²) in [6.07, 6.45) is 0.793. The van der Waals surface area contributed by atoms with E-state index in [1.54, 1.807) is 27.8 Å². The van der Waals surface area contributed by atoms with Crippen LogP contribution in [0.4, 0.5) is 5.13 Å². The molecule has 1 saturated heterocycles. The molecule has 0 amide bonds. The van der Waals surface area contributed by atoms with E-state index >= 15 is 0 Å². The van der Waals surface area contributed by atoms with Crippen molar-refractivity contribution in [1.29, 1.82) is 0 Å². The summed E-state index contributed by atoms with van der Waals surface area (Å²) >= 11 is 1.67. The number of rotatable bonds is 3. The van der Waals surface area contributed by atoms with E-state index in [1.807, 2.05) is 37.3 Å². The van der Waals surface area contributed by atoms with E-state index in [9.17, 15) is 8.42 Å². The Labute approximate surface area is 157 Å². The van der Waals surface area contributed by atoms with E-state index in [4.69, 9.17) is 4.98 Å². The van der Waals surface area contributed by atoms with Crippen molar-refractivity contribution in [3.8, 4) is 0 Å². The van der Waals surface area contributed by atoms with Crippen LogP contribution in [-0.4, -0.2) is 43.9 Å². The van der Waals surface area contributed by atoms with Gasteiger partial charge in [-0.15, -0.1) is 0 Å². The fourth-order valence-corrected chi connectivity index (χ4v) is 5.67. The van der Waals surface area contributed by atoms with Gasteiger partial charge in [0.15, 0.2) is 5.13 Å². The molecule has 0 atom stereocenters. The Morgan fingerprint density at radius 3 is 2.50 bits per heavy atom. The van der Waals surface area contributed by atoms with Crippen LogP contribution in [0.2, 0.25) is 0 Å². The van der Waals surface area contributed by atoms with E-state index in [2.05, 4.69) is 11.0 Å². The van der Waals surface area contributed by atoms with Gasteiger partial charge in [0.1, 0.15) is 0 Å². The number of anilines is 1.